The van der Waals surface area contributed by atoms with Gasteiger partial charge in [-0.05, 0) is 13.8 Å². The minimum atomic E-state index is -2.94. The van der Waals surface area contributed by atoms with Crippen molar-refractivity contribution in [2.24, 2.45) is 0 Å². The van der Waals surface area contributed by atoms with Crippen LogP contribution in [0.25, 0.3) is 0 Å². The van der Waals surface area contributed by atoms with Gasteiger partial charge in [-0.15, -0.1) is 0 Å². The molecule has 0 aliphatic rings. The molecule has 0 spiro atoms. The van der Waals surface area contributed by atoms with Crippen LogP contribution in [-0.4, -0.2) is 48.7 Å². The maximum atomic E-state index is 11.3. The van der Waals surface area contributed by atoms with Crippen LogP contribution in [0.4, 0.5) is 0 Å². The number of rotatable bonds is 7. The number of sulfone groups is 1. The van der Waals surface area contributed by atoms with Gasteiger partial charge in [0.15, 0.2) is 9.84 Å². The van der Waals surface area contributed by atoms with Crippen LogP contribution in [0.3, 0.4) is 0 Å². The first-order valence-corrected chi connectivity index (χ1v) is 8.03. The van der Waals surface area contributed by atoms with E-state index in [1.807, 2.05) is 0 Å². The number of nitrogens with one attached hydrogen (secondary N) is 1. The maximum Gasteiger partial charge on any atom is 0.153 e. The van der Waals surface area contributed by atoms with Gasteiger partial charge in [-0.2, -0.15) is 0 Å². The number of hydrogen-bond donors (Lipinski definition) is 1. The van der Waals surface area contributed by atoms with Gasteiger partial charge in [0.2, 0.25) is 0 Å². The fraction of sp³-hybridized carbons (Fsp3) is 1.00. The first-order chi connectivity index (χ1) is 6.36. The van der Waals surface area contributed by atoms with E-state index in [-0.39, 0.29) is 11.0 Å². The predicted molar refractivity (Wildman–Crippen MR) is 60.7 cm³/mol. The Balaban J connectivity index is 3.60. The van der Waals surface area contributed by atoms with Crippen LogP contribution < -0.4 is 5.32 Å². The topological polar surface area (TPSA) is 63.2 Å². The molecule has 0 aromatic heterocycles. The fourth-order valence-electron chi connectivity index (χ4n) is 0.791. The normalized spacial score (nSPS) is 14.6. The molecular formula is C8H19NO3S2. The van der Waals surface area contributed by atoms with Gasteiger partial charge in [0.1, 0.15) is 0 Å². The summed E-state index contributed by atoms with van der Waals surface area (Å²) >= 11 is 0. The lowest BCUT2D eigenvalue weighted by molar-refractivity contribution is 0.583. The van der Waals surface area contributed by atoms with Crippen LogP contribution in [0.1, 0.15) is 13.8 Å². The standard InChI is InChI=1S/C8H19NO3S2/c1-8(2)14(11,12)7-5-9-4-6-13(3)10/h8-9H,4-7H2,1-3H3. The summed E-state index contributed by atoms with van der Waals surface area (Å²) in [5.74, 6) is 0.725. The molecule has 14 heavy (non-hydrogen) atoms. The molecule has 0 radical (unpaired) electrons. The van der Waals surface area contributed by atoms with Gasteiger partial charge in [0, 0.05) is 35.9 Å². The molecule has 0 saturated carbocycles. The summed E-state index contributed by atoms with van der Waals surface area (Å²) in [5, 5.41) is 2.64. The highest BCUT2D eigenvalue weighted by molar-refractivity contribution is 7.92. The second-order valence-corrected chi connectivity index (χ2v) is 7.67. The molecule has 0 rings (SSSR count). The van der Waals surface area contributed by atoms with Crippen molar-refractivity contribution >= 4 is 20.6 Å². The molecule has 4 nitrogen and oxygen atoms in total. The lowest BCUT2D eigenvalue weighted by atomic mass is 10.6. The van der Waals surface area contributed by atoms with Crippen molar-refractivity contribution in [2.45, 2.75) is 19.1 Å². The summed E-state index contributed by atoms with van der Waals surface area (Å²) in [6, 6.07) is 0. The zero-order valence-electron chi connectivity index (χ0n) is 8.95. The monoisotopic (exact) mass is 241 g/mol. The van der Waals surface area contributed by atoms with Crippen molar-refractivity contribution in [3.8, 4) is 0 Å². The van der Waals surface area contributed by atoms with E-state index in [1.54, 1.807) is 20.1 Å². The average molecular weight is 241 g/mol. The van der Waals surface area contributed by atoms with Crippen LogP contribution in [-0.2, 0) is 20.6 Å². The highest BCUT2D eigenvalue weighted by atomic mass is 32.2. The van der Waals surface area contributed by atoms with Crippen molar-refractivity contribution < 1.29 is 12.6 Å². The van der Waals surface area contributed by atoms with E-state index >= 15 is 0 Å². The third-order valence-electron chi connectivity index (χ3n) is 1.85. The first kappa shape index (κ1) is 14.1. The van der Waals surface area contributed by atoms with Gasteiger partial charge >= 0.3 is 0 Å². The molecular weight excluding hydrogens is 222 g/mol. The van der Waals surface area contributed by atoms with Gasteiger partial charge in [-0.3, -0.25) is 4.21 Å². The lowest BCUT2D eigenvalue weighted by Crippen LogP contribution is -2.29. The average Bonchev–Trinajstić information content (AvgIpc) is 2.02. The minimum absolute atomic E-state index is 0.154. The Bertz CT molecular complexity index is 272. The van der Waals surface area contributed by atoms with E-state index in [9.17, 15) is 12.6 Å². The van der Waals surface area contributed by atoms with Crippen LogP contribution in [0.15, 0.2) is 0 Å². The molecule has 0 aromatic carbocycles. The van der Waals surface area contributed by atoms with Crippen LogP contribution >= 0.6 is 0 Å². The highest BCUT2D eigenvalue weighted by Gasteiger charge is 2.14. The molecule has 0 amide bonds. The van der Waals surface area contributed by atoms with E-state index in [0.29, 0.717) is 18.8 Å². The third-order valence-corrected chi connectivity index (χ3v) is 4.84. The van der Waals surface area contributed by atoms with Crippen molar-refractivity contribution in [3.05, 3.63) is 0 Å². The molecule has 1 N–H and O–H groups in total. The SMILES string of the molecule is CC(C)S(=O)(=O)CCNCCS(C)=O. The molecule has 86 valence electrons. The highest BCUT2D eigenvalue weighted by Crippen LogP contribution is 1.98. The van der Waals surface area contributed by atoms with Gasteiger partial charge < -0.3 is 5.32 Å². The zero-order valence-corrected chi connectivity index (χ0v) is 10.6. The smallest absolute Gasteiger partial charge is 0.153 e. The number of hydrogen-bond acceptors (Lipinski definition) is 4. The molecule has 0 bridgehead atoms. The van der Waals surface area contributed by atoms with Gasteiger partial charge in [0.25, 0.3) is 0 Å². The molecule has 0 aliphatic carbocycles. The Morgan fingerprint density at radius 1 is 1.29 bits per heavy atom. The largest absolute Gasteiger partial charge is 0.315 e. The van der Waals surface area contributed by atoms with E-state index in [0.717, 1.165) is 0 Å². The first-order valence-electron chi connectivity index (χ1n) is 4.58. The summed E-state index contributed by atoms with van der Waals surface area (Å²) in [6.07, 6.45) is 1.63. The fourth-order valence-corrected chi connectivity index (χ4v) is 2.12. The molecule has 1 unspecified atom stereocenters. The Kier molecular flexibility index (Phi) is 6.55. The Hall–Kier alpha value is 0.0600. The molecule has 0 fully saturated rings. The van der Waals surface area contributed by atoms with Crippen LogP contribution in [0.2, 0.25) is 0 Å². The maximum absolute atomic E-state index is 11.3. The van der Waals surface area contributed by atoms with Crippen molar-refractivity contribution in [1.29, 1.82) is 0 Å². The Morgan fingerprint density at radius 3 is 2.29 bits per heavy atom. The summed E-state index contributed by atoms with van der Waals surface area (Å²) in [6.45, 7) is 4.40. The molecule has 1 atom stereocenters. The van der Waals surface area contributed by atoms with E-state index in [1.165, 1.54) is 0 Å². The van der Waals surface area contributed by atoms with E-state index in [4.69, 9.17) is 0 Å². The molecule has 0 aromatic rings. The summed E-state index contributed by atoms with van der Waals surface area (Å²) in [5.41, 5.74) is 0. The Labute approximate surface area is 88.8 Å². The minimum Gasteiger partial charge on any atom is -0.315 e. The van der Waals surface area contributed by atoms with E-state index < -0.39 is 20.6 Å². The predicted octanol–water partition coefficient (Wildman–Crippen LogP) is -0.222. The molecule has 6 heteroatoms. The molecule has 0 heterocycles. The summed E-state index contributed by atoms with van der Waals surface area (Å²) < 4.78 is 33.3. The van der Waals surface area contributed by atoms with Crippen molar-refractivity contribution in [3.63, 3.8) is 0 Å². The van der Waals surface area contributed by atoms with Gasteiger partial charge in [-0.1, -0.05) is 0 Å². The second kappa shape index (κ2) is 6.53. The second-order valence-electron chi connectivity index (χ2n) is 3.44. The summed E-state index contributed by atoms with van der Waals surface area (Å²) in [4.78, 5) is 0. The van der Waals surface area contributed by atoms with Crippen LogP contribution in [0.5, 0.6) is 0 Å². The van der Waals surface area contributed by atoms with Crippen LogP contribution in [0, 0.1) is 0 Å². The van der Waals surface area contributed by atoms with Gasteiger partial charge in [-0.25, -0.2) is 8.42 Å². The van der Waals surface area contributed by atoms with Gasteiger partial charge in [0.05, 0.1) is 11.0 Å². The molecule has 0 saturated heterocycles. The summed E-state index contributed by atoms with van der Waals surface area (Å²) in [7, 11) is -3.75. The zero-order chi connectivity index (χ0) is 11.2. The quantitative estimate of drug-likeness (QED) is 0.626. The van der Waals surface area contributed by atoms with E-state index in [2.05, 4.69) is 5.32 Å². The third kappa shape index (κ3) is 6.50. The van der Waals surface area contributed by atoms with Crippen molar-refractivity contribution in [2.75, 3.05) is 30.9 Å². The lowest BCUT2D eigenvalue weighted by Gasteiger charge is -2.07. The Morgan fingerprint density at radius 2 is 1.86 bits per heavy atom. The molecule has 0 aliphatic heterocycles. The van der Waals surface area contributed by atoms with Crippen molar-refractivity contribution in [1.82, 2.24) is 5.32 Å².